The summed E-state index contributed by atoms with van der Waals surface area (Å²) in [4.78, 5) is 31.3. The Bertz CT molecular complexity index is 862. The molecule has 0 saturated heterocycles. The lowest BCUT2D eigenvalue weighted by atomic mass is 10.1. The number of rotatable bonds is 5. The molecule has 1 aromatic carbocycles. The first-order valence-electron chi connectivity index (χ1n) is 9.46. The molecule has 2 aliphatic rings. The number of aryl methyl sites for hydroxylation is 1. The van der Waals surface area contributed by atoms with Gasteiger partial charge in [-0.15, -0.1) is 0 Å². The van der Waals surface area contributed by atoms with E-state index in [9.17, 15) is 9.59 Å². The molecule has 1 aromatic heterocycles. The van der Waals surface area contributed by atoms with Crippen molar-refractivity contribution in [3.05, 3.63) is 58.4 Å². The van der Waals surface area contributed by atoms with Crippen molar-refractivity contribution in [2.24, 2.45) is 5.92 Å². The molecular weight excluding hydrogens is 362 g/mol. The van der Waals surface area contributed by atoms with Crippen molar-refractivity contribution in [1.29, 1.82) is 0 Å². The fraction of sp³-hybridized carbons (Fsp3) is 0.381. The van der Waals surface area contributed by atoms with E-state index in [2.05, 4.69) is 5.32 Å². The van der Waals surface area contributed by atoms with E-state index >= 15 is 0 Å². The van der Waals surface area contributed by atoms with E-state index in [1.54, 1.807) is 24.3 Å². The largest absolute Gasteiger partial charge is 0.352 e. The van der Waals surface area contributed by atoms with E-state index in [0.29, 0.717) is 23.6 Å². The summed E-state index contributed by atoms with van der Waals surface area (Å²) < 4.78 is 0. The van der Waals surface area contributed by atoms with Crippen LogP contribution in [0.25, 0.3) is 0 Å². The highest BCUT2D eigenvalue weighted by Crippen LogP contribution is 2.35. The lowest BCUT2D eigenvalue weighted by Gasteiger charge is -2.29. The van der Waals surface area contributed by atoms with E-state index in [-0.39, 0.29) is 17.7 Å². The van der Waals surface area contributed by atoms with Gasteiger partial charge in [0, 0.05) is 41.7 Å². The van der Waals surface area contributed by atoms with Crippen LogP contribution < -0.4 is 10.2 Å². The highest BCUT2D eigenvalue weighted by Gasteiger charge is 2.35. The SMILES string of the molecule is O=C(NCCc1ccc2c(n1)CCCN2C(=O)C1CC1)c1ccc(Cl)cc1. The van der Waals surface area contributed by atoms with E-state index in [1.165, 1.54) is 0 Å². The van der Waals surface area contributed by atoms with Crippen LogP contribution in [0.5, 0.6) is 0 Å². The molecule has 27 heavy (non-hydrogen) atoms. The van der Waals surface area contributed by atoms with Crippen LogP contribution in [0.3, 0.4) is 0 Å². The van der Waals surface area contributed by atoms with Crippen LogP contribution in [0.4, 0.5) is 5.69 Å². The summed E-state index contributed by atoms with van der Waals surface area (Å²) in [6.07, 6.45) is 4.54. The van der Waals surface area contributed by atoms with E-state index in [1.807, 2.05) is 17.0 Å². The molecule has 1 saturated carbocycles. The molecule has 0 spiro atoms. The van der Waals surface area contributed by atoms with E-state index in [4.69, 9.17) is 16.6 Å². The molecule has 1 fully saturated rings. The minimum absolute atomic E-state index is 0.120. The predicted octanol–water partition coefficient (Wildman–Crippen LogP) is 3.40. The summed E-state index contributed by atoms with van der Waals surface area (Å²) in [6, 6.07) is 10.8. The number of anilines is 1. The van der Waals surface area contributed by atoms with Gasteiger partial charge in [0.05, 0.1) is 11.4 Å². The van der Waals surface area contributed by atoms with Crippen LogP contribution in [0.1, 0.15) is 41.0 Å². The maximum absolute atomic E-state index is 12.5. The predicted molar refractivity (Wildman–Crippen MR) is 105 cm³/mol. The summed E-state index contributed by atoms with van der Waals surface area (Å²) in [7, 11) is 0. The van der Waals surface area contributed by atoms with Crippen LogP contribution >= 0.6 is 11.6 Å². The average molecular weight is 384 g/mol. The van der Waals surface area contributed by atoms with Gasteiger partial charge in [-0.2, -0.15) is 0 Å². The smallest absolute Gasteiger partial charge is 0.251 e. The van der Waals surface area contributed by atoms with Crippen molar-refractivity contribution in [3.8, 4) is 0 Å². The molecule has 1 aliphatic carbocycles. The van der Waals surface area contributed by atoms with Gasteiger partial charge >= 0.3 is 0 Å². The number of hydrogen-bond donors (Lipinski definition) is 1. The fourth-order valence-electron chi connectivity index (χ4n) is 3.42. The molecule has 0 unspecified atom stereocenters. The second-order valence-corrected chi connectivity index (χ2v) is 7.59. The first kappa shape index (κ1) is 18.0. The van der Waals surface area contributed by atoms with Gasteiger partial charge < -0.3 is 10.2 Å². The van der Waals surface area contributed by atoms with Gasteiger partial charge in [-0.3, -0.25) is 14.6 Å². The summed E-state index contributed by atoms with van der Waals surface area (Å²) in [6.45, 7) is 1.30. The zero-order valence-electron chi connectivity index (χ0n) is 15.1. The average Bonchev–Trinajstić information content (AvgIpc) is 3.52. The number of pyridine rings is 1. The van der Waals surface area contributed by atoms with Crippen molar-refractivity contribution in [2.45, 2.75) is 32.1 Å². The number of nitrogens with one attached hydrogen (secondary N) is 1. The number of nitrogens with zero attached hydrogens (tertiary/aromatic N) is 2. The number of carbonyl (C=O) groups excluding carboxylic acids is 2. The van der Waals surface area contributed by atoms with Crippen molar-refractivity contribution in [3.63, 3.8) is 0 Å². The number of amides is 2. The molecule has 2 heterocycles. The third-order valence-electron chi connectivity index (χ3n) is 5.06. The van der Waals surface area contributed by atoms with Crippen molar-refractivity contribution >= 4 is 29.1 Å². The Morgan fingerprint density at radius 1 is 1.15 bits per heavy atom. The van der Waals surface area contributed by atoms with Gasteiger partial charge in [-0.25, -0.2) is 0 Å². The van der Waals surface area contributed by atoms with Crippen LogP contribution in [0.2, 0.25) is 5.02 Å². The van der Waals surface area contributed by atoms with Crippen molar-refractivity contribution in [2.75, 3.05) is 18.0 Å². The summed E-state index contributed by atoms with van der Waals surface area (Å²) in [5.41, 5.74) is 3.49. The number of fused-ring (bicyclic) bond motifs is 1. The molecule has 0 atom stereocenters. The molecule has 1 N–H and O–H groups in total. The third kappa shape index (κ3) is 4.14. The number of benzene rings is 1. The maximum atomic E-state index is 12.5. The molecule has 140 valence electrons. The molecule has 2 aromatic rings. The molecule has 0 bridgehead atoms. The minimum atomic E-state index is -0.120. The Kier molecular flexibility index (Phi) is 5.12. The lowest BCUT2D eigenvalue weighted by molar-refractivity contribution is -0.119. The first-order valence-corrected chi connectivity index (χ1v) is 9.83. The topological polar surface area (TPSA) is 62.3 Å². The Morgan fingerprint density at radius 2 is 1.93 bits per heavy atom. The number of hydrogen-bond acceptors (Lipinski definition) is 3. The van der Waals surface area contributed by atoms with E-state index in [0.717, 1.165) is 49.3 Å². The van der Waals surface area contributed by atoms with Gasteiger partial charge in [-0.1, -0.05) is 11.6 Å². The summed E-state index contributed by atoms with van der Waals surface area (Å²) in [5, 5.41) is 3.52. The van der Waals surface area contributed by atoms with Crippen molar-refractivity contribution in [1.82, 2.24) is 10.3 Å². The van der Waals surface area contributed by atoms with Crippen LogP contribution in [0, 0.1) is 5.92 Å². The molecule has 1 aliphatic heterocycles. The molecule has 6 heteroatoms. The highest BCUT2D eigenvalue weighted by atomic mass is 35.5. The molecular formula is C21H22ClN3O2. The van der Waals surface area contributed by atoms with Gasteiger partial charge in [0.2, 0.25) is 5.91 Å². The molecule has 5 nitrogen and oxygen atoms in total. The lowest BCUT2D eigenvalue weighted by Crippen LogP contribution is -2.37. The molecule has 0 radical (unpaired) electrons. The van der Waals surface area contributed by atoms with Crippen LogP contribution in [-0.4, -0.2) is 29.9 Å². The minimum Gasteiger partial charge on any atom is -0.352 e. The maximum Gasteiger partial charge on any atom is 0.251 e. The summed E-state index contributed by atoms with van der Waals surface area (Å²) in [5.74, 6) is 0.352. The summed E-state index contributed by atoms with van der Waals surface area (Å²) >= 11 is 5.84. The quantitative estimate of drug-likeness (QED) is 0.860. The number of halogens is 1. The number of aromatic nitrogens is 1. The zero-order valence-corrected chi connectivity index (χ0v) is 15.8. The van der Waals surface area contributed by atoms with Gasteiger partial charge in [0.1, 0.15) is 0 Å². The Labute approximate surface area is 163 Å². The zero-order chi connectivity index (χ0) is 18.8. The molecule has 2 amide bonds. The number of carbonyl (C=O) groups is 2. The highest BCUT2D eigenvalue weighted by molar-refractivity contribution is 6.30. The van der Waals surface area contributed by atoms with Gasteiger partial charge in [-0.05, 0) is 62.1 Å². The van der Waals surface area contributed by atoms with Crippen molar-refractivity contribution < 1.29 is 9.59 Å². The third-order valence-corrected chi connectivity index (χ3v) is 5.31. The standard InChI is InChI=1S/C21H22ClN3O2/c22-16-7-5-14(6-8-16)20(26)23-12-11-17-9-10-19-18(24-17)2-1-13-25(19)21(27)15-3-4-15/h5-10,15H,1-4,11-13H2,(H,23,26). The fourth-order valence-corrected chi connectivity index (χ4v) is 3.55. The monoisotopic (exact) mass is 383 g/mol. The van der Waals surface area contributed by atoms with Crippen LogP contribution in [-0.2, 0) is 17.6 Å². The Morgan fingerprint density at radius 3 is 2.67 bits per heavy atom. The Hall–Kier alpha value is -2.40. The van der Waals surface area contributed by atoms with Gasteiger partial charge in [0.25, 0.3) is 5.91 Å². The van der Waals surface area contributed by atoms with Crippen LogP contribution in [0.15, 0.2) is 36.4 Å². The first-order chi connectivity index (χ1) is 13.1. The van der Waals surface area contributed by atoms with Gasteiger partial charge in [0.15, 0.2) is 0 Å². The normalized spacial score (nSPS) is 16.0. The second kappa shape index (κ2) is 7.69. The Balaban J connectivity index is 1.37. The second-order valence-electron chi connectivity index (χ2n) is 7.15. The van der Waals surface area contributed by atoms with E-state index < -0.39 is 0 Å². The molecule has 4 rings (SSSR count).